The van der Waals surface area contributed by atoms with Gasteiger partial charge in [-0.1, -0.05) is 30.0 Å². The lowest BCUT2D eigenvalue weighted by Gasteiger charge is -2.24. The fourth-order valence-electron chi connectivity index (χ4n) is 2.79. The maximum atomic E-state index is 13.3. The van der Waals surface area contributed by atoms with E-state index < -0.39 is 0 Å². The van der Waals surface area contributed by atoms with Gasteiger partial charge < -0.3 is 15.8 Å². The van der Waals surface area contributed by atoms with E-state index in [-0.39, 0.29) is 23.6 Å². The van der Waals surface area contributed by atoms with Gasteiger partial charge in [0.05, 0.1) is 10.9 Å². The molecule has 2 aromatic carbocycles. The van der Waals surface area contributed by atoms with Crippen LogP contribution >= 0.6 is 11.8 Å². The zero-order valence-corrected chi connectivity index (χ0v) is 13.8. The van der Waals surface area contributed by atoms with E-state index in [0.29, 0.717) is 16.6 Å². The maximum Gasteiger partial charge on any atom is 0.262 e. The van der Waals surface area contributed by atoms with E-state index in [1.165, 1.54) is 23.9 Å². The Hall–Kier alpha value is -2.80. The third-order valence-electron chi connectivity index (χ3n) is 3.97. The van der Waals surface area contributed by atoms with E-state index in [2.05, 4.69) is 10.3 Å². The summed E-state index contributed by atoms with van der Waals surface area (Å²) in [7, 11) is 0. The second kappa shape index (κ2) is 6.25. The Balaban J connectivity index is 1.75. The Kier molecular flexibility index (Phi) is 3.93. The third kappa shape index (κ3) is 3.10. The van der Waals surface area contributed by atoms with Crippen molar-refractivity contribution in [3.05, 3.63) is 65.6 Å². The van der Waals surface area contributed by atoms with Crippen molar-refractivity contribution in [3.63, 3.8) is 0 Å². The topological polar surface area (TPSA) is 76.7 Å². The number of anilines is 1. The Morgan fingerprint density at radius 2 is 2.04 bits per heavy atom. The number of nitrogens with one attached hydrogen (secondary N) is 1. The van der Waals surface area contributed by atoms with Crippen molar-refractivity contribution >= 4 is 34.1 Å². The van der Waals surface area contributed by atoms with Crippen LogP contribution in [-0.2, 0) is 4.79 Å². The zero-order chi connectivity index (χ0) is 17.4. The summed E-state index contributed by atoms with van der Waals surface area (Å²) in [6.07, 6.45) is 1.72. The summed E-state index contributed by atoms with van der Waals surface area (Å²) in [4.78, 5) is 15.8. The number of thioether (sulfide) groups is 1. The largest absolute Gasteiger partial charge is 0.482 e. The van der Waals surface area contributed by atoms with Crippen LogP contribution in [-0.4, -0.2) is 17.7 Å². The number of ether oxygens (including phenoxy) is 1. The Morgan fingerprint density at radius 1 is 1.24 bits per heavy atom. The van der Waals surface area contributed by atoms with E-state index in [9.17, 15) is 9.18 Å². The quantitative estimate of drug-likeness (QED) is 0.867. The minimum atomic E-state index is -0.287. The van der Waals surface area contributed by atoms with Gasteiger partial charge in [0.2, 0.25) is 0 Å². The first-order chi connectivity index (χ1) is 12.1. The summed E-state index contributed by atoms with van der Waals surface area (Å²) in [5.74, 6) is 0.160. The van der Waals surface area contributed by atoms with E-state index in [1.807, 2.05) is 18.2 Å². The molecule has 0 aliphatic carbocycles. The molecule has 2 heterocycles. The monoisotopic (exact) mass is 355 g/mol. The van der Waals surface area contributed by atoms with Crippen molar-refractivity contribution in [3.8, 4) is 5.75 Å². The number of hydrogen-bond donors (Lipinski definition) is 2. The average Bonchev–Trinajstić information content (AvgIpc) is 2.61. The highest BCUT2D eigenvalue weighted by molar-refractivity contribution is 8.14. The number of nitrogens with two attached hydrogens (primary N) is 1. The summed E-state index contributed by atoms with van der Waals surface area (Å²) in [6, 6.07) is 11.9. The van der Waals surface area contributed by atoms with Gasteiger partial charge in [-0.15, -0.1) is 0 Å². The van der Waals surface area contributed by atoms with Gasteiger partial charge in [0, 0.05) is 6.20 Å². The lowest BCUT2D eigenvalue weighted by atomic mass is 9.97. The summed E-state index contributed by atoms with van der Waals surface area (Å²) in [5.41, 5.74) is 9.24. The van der Waals surface area contributed by atoms with Crippen LogP contribution in [0.1, 0.15) is 16.4 Å². The summed E-state index contributed by atoms with van der Waals surface area (Å²) >= 11 is 1.40. The molecule has 126 valence electrons. The number of hydrogen-bond acceptors (Lipinski definition) is 5. The van der Waals surface area contributed by atoms with Crippen LogP contribution in [0.3, 0.4) is 0 Å². The molecule has 1 unspecified atom stereocenters. The third-order valence-corrected chi connectivity index (χ3v) is 5.08. The molecule has 0 radical (unpaired) electrons. The number of fused-ring (bicyclic) bond motifs is 1. The molecule has 25 heavy (non-hydrogen) atoms. The number of rotatable bonds is 2. The van der Waals surface area contributed by atoms with Crippen molar-refractivity contribution in [2.75, 3.05) is 11.9 Å². The first-order valence-corrected chi connectivity index (χ1v) is 8.50. The fraction of sp³-hybridized carbons (Fsp3) is 0.111. The van der Waals surface area contributed by atoms with Crippen molar-refractivity contribution in [1.82, 2.24) is 0 Å². The van der Waals surface area contributed by atoms with Gasteiger partial charge in [0.15, 0.2) is 11.8 Å². The van der Waals surface area contributed by atoms with Gasteiger partial charge >= 0.3 is 0 Å². The first kappa shape index (κ1) is 15.7. The number of nitrogens with zero attached hydrogens (tertiary/aromatic N) is 1. The molecule has 0 fully saturated rings. The number of carbonyl (C=O) groups excluding carboxylic acids is 1. The van der Waals surface area contributed by atoms with Gasteiger partial charge in [0.25, 0.3) is 5.91 Å². The van der Waals surface area contributed by atoms with Crippen molar-refractivity contribution < 1.29 is 13.9 Å². The summed E-state index contributed by atoms with van der Waals surface area (Å²) in [6.45, 7) is 0.0178. The average molecular weight is 355 g/mol. The highest BCUT2D eigenvalue weighted by Crippen LogP contribution is 2.44. The minimum absolute atomic E-state index is 0.0178. The Morgan fingerprint density at radius 3 is 2.84 bits per heavy atom. The standard InChI is InChI=1S/C18H14FN3O2S/c19-12-4-1-10(2-5-12)17-13(8-21-18(20)25-17)11-3-6-15-14(7-11)22-16(23)9-24-15/h1-8,17H,9H2,(H2,20,21)(H,22,23). The van der Waals surface area contributed by atoms with E-state index >= 15 is 0 Å². The minimum Gasteiger partial charge on any atom is -0.482 e. The lowest BCUT2D eigenvalue weighted by Crippen LogP contribution is -2.25. The smallest absolute Gasteiger partial charge is 0.262 e. The number of carbonyl (C=O) groups is 1. The van der Waals surface area contributed by atoms with Crippen LogP contribution in [0.25, 0.3) is 5.57 Å². The lowest BCUT2D eigenvalue weighted by molar-refractivity contribution is -0.118. The molecule has 0 bridgehead atoms. The number of amides is 1. The molecule has 7 heteroatoms. The zero-order valence-electron chi connectivity index (χ0n) is 13.0. The number of halogens is 1. The van der Waals surface area contributed by atoms with E-state index in [4.69, 9.17) is 10.5 Å². The normalized spacial score (nSPS) is 19.2. The van der Waals surface area contributed by atoms with Crippen LogP contribution in [0.5, 0.6) is 5.75 Å². The Labute approximate surface area is 147 Å². The Bertz CT molecular complexity index is 909. The second-order valence-corrected chi connectivity index (χ2v) is 6.77. The molecule has 4 rings (SSSR count). The van der Waals surface area contributed by atoms with E-state index in [1.54, 1.807) is 18.3 Å². The first-order valence-electron chi connectivity index (χ1n) is 7.63. The SMILES string of the molecule is NC1=NC=C(c2ccc3c(c2)NC(=O)CO3)C(c2ccc(F)cc2)S1. The molecule has 3 N–H and O–H groups in total. The predicted octanol–water partition coefficient (Wildman–Crippen LogP) is 3.30. The summed E-state index contributed by atoms with van der Waals surface area (Å²) < 4.78 is 18.6. The molecule has 2 aliphatic heterocycles. The van der Waals surface area contributed by atoms with E-state index in [0.717, 1.165) is 16.7 Å². The molecule has 5 nitrogen and oxygen atoms in total. The molecule has 2 aliphatic rings. The highest BCUT2D eigenvalue weighted by Gasteiger charge is 2.25. The number of aliphatic imine (C=N–C) groups is 1. The molecule has 1 atom stereocenters. The van der Waals surface area contributed by atoms with Crippen molar-refractivity contribution in [2.45, 2.75) is 5.25 Å². The van der Waals surface area contributed by atoms with Gasteiger partial charge in [0.1, 0.15) is 11.6 Å². The van der Waals surface area contributed by atoms with Gasteiger partial charge in [-0.25, -0.2) is 9.38 Å². The molecule has 0 saturated carbocycles. The molecule has 1 amide bonds. The molecule has 2 aromatic rings. The van der Waals surface area contributed by atoms with Gasteiger partial charge in [-0.05, 0) is 41.0 Å². The molecule has 0 aromatic heterocycles. The van der Waals surface area contributed by atoms with Crippen LogP contribution in [0.15, 0.2) is 53.7 Å². The van der Waals surface area contributed by atoms with Gasteiger partial charge in [-0.2, -0.15) is 0 Å². The highest BCUT2D eigenvalue weighted by atomic mass is 32.2. The second-order valence-electron chi connectivity index (χ2n) is 5.65. The predicted molar refractivity (Wildman–Crippen MR) is 96.9 cm³/mol. The number of amidine groups is 1. The van der Waals surface area contributed by atoms with Crippen LogP contribution in [0.4, 0.5) is 10.1 Å². The molecular weight excluding hydrogens is 341 g/mol. The van der Waals surface area contributed by atoms with Crippen LogP contribution in [0, 0.1) is 5.82 Å². The van der Waals surface area contributed by atoms with Crippen molar-refractivity contribution in [1.29, 1.82) is 0 Å². The molecular formula is C18H14FN3O2S. The maximum absolute atomic E-state index is 13.3. The summed E-state index contributed by atoms with van der Waals surface area (Å²) in [5, 5.41) is 3.14. The number of benzene rings is 2. The van der Waals surface area contributed by atoms with Crippen molar-refractivity contribution in [2.24, 2.45) is 10.7 Å². The molecule has 0 spiro atoms. The molecule has 0 saturated heterocycles. The fourth-order valence-corrected chi connectivity index (χ4v) is 3.76. The van der Waals surface area contributed by atoms with Gasteiger partial charge in [-0.3, -0.25) is 4.79 Å². The van der Waals surface area contributed by atoms with Crippen LogP contribution in [0.2, 0.25) is 0 Å². The van der Waals surface area contributed by atoms with Crippen LogP contribution < -0.4 is 15.8 Å².